The summed E-state index contributed by atoms with van der Waals surface area (Å²) in [6, 6.07) is 2.82. The van der Waals surface area contributed by atoms with Gasteiger partial charge in [0, 0.05) is 5.56 Å². The monoisotopic (exact) mass is 199 g/mol. The Hall–Kier alpha value is -1.29. The number of rotatable bonds is 4. The summed E-state index contributed by atoms with van der Waals surface area (Å²) in [5.41, 5.74) is 5.72. The lowest BCUT2D eigenvalue weighted by atomic mass is 10.1. The first-order valence-electron chi connectivity index (χ1n) is 4.45. The van der Waals surface area contributed by atoms with Crippen LogP contribution in [0.5, 0.6) is 11.5 Å². The average Bonchev–Trinajstić information content (AvgIpc) is 2.20. The molecule has 0 heterocycles. The minimum absolute atomic E-state index is 0.349. The number of phenolic OH excluding ortho intramolecular Hbond substituents is 1. The Kier molecular flexibility index (Phi) is 3.71. The first-order chi connectivity index (χ1) is 6.70. The fraction of sp³-hybridized carbons (Fsp3) is 0.400. The second-order valence-corrected chi connectivity index (χ2v) is 2.97. The molecule has 0 saturated heterocycles. The highest BCUT2D eigenvalue weighted by Crippen LogP contribution is 2.28. The first kappa shape index (κ1) is 10.8. The van der Waals surface area contributed by atoms with E-state index in [-0.39, 0.29) is 5.75 Å². The van der Waals surface area contributed by atoms with E-state index in [1.807, 2.05) is 0 Å². The van der Waals surface area contributed by atoms with E-state index in [0.29, 0.717) is 30.7 Å². The molecule has 78 valence electrons. The smallest absolute Gasteiger partial charge is 0.171 e. The van der Waals surface area contributed by atoms with Crippen molar-refractivity contribution in [2.24, 2.45) is 5.73 Å². The van der Waals surface area contributed by atoms with E-state index in [0.717, 1.165) is 0 Å². The molecule has 0 unspecified atom stereocenters. The first-order valence-corrected chi connectivity index (χ1v) is 4.45. The van der Waals surface area contributed by atoms with Crippen LogP contribution in [0.1, 0.15) is 12.0 Å². The third kappa shape index (κ3) is 2.14. The highest BCUT2D eigenvalue weighted by Gasteiger charge is 2.12. The Bertz CT molecular complexity index is 315. The Morgan fingerprint density at radius 3 is 2.79 bits per heavy atom. The van der Waals surface area contributed by atoms with Gasteiger partial charge in [0.05, 0.1) is 7.11 Å². The molecular weight excluding hydrogens is 185 g/mol. The predicted molar refractivity (Wildman–Crippen MR) is 52.0 cm³/mol. The SMILES string of the molecule is COc1ccc(O)c(F)c1CCCN. The number of aromatic hydroxyl groups is 1. The molecule has 0 aliphatic rings. The summed E-state index contributed by atoms with van der Waals surface area (Å²) in [4.78, 5) is 0. The van der Waals surface area contributed by atoms with Gasteiger partial charge < -0.3 is 15.6 Å². The van der Waals surface area contributed by atoms with Crippen molar-refractivity contribution in [1.29, 1.82) is 0 Å². The molecule has 0 bridgehead atoms. The van der Waals surface area contributed by atoms with Gasteiger partial charge in [-0.1, -0.05) is 0 Å². The van der Waals surface area contributed by atoms with Gasteiger partial charge in [-0.25, -0.2) is 4.39 Å². The summed E-state index contributed by atoms with van der Waals surface area (Å²) in [5, 5.41) is 9.16. The van der Waals surface area contributed by atoms with Crippen molar-refractivity contribution < 1.29 is 14.2 Å². The molecular formula is C10H14FNO2. The van der Waals surface area contributed by atoms with Crippen LogP contribution in [0.4, 0.5) is 4.39 Å². The molecule has 1 aromatic rings. The lowest BCUT2D eigenvalue weighted by Crippen LogP contribution is -2.03. The summed E-state index contributed by atoms with van der Waals surface area (Å²) in [7, 11) is 1.47. The number of hydrogen-bond acceptors (Lipinski definition) is 3. The van der Waals surface area contributed by atoms with Gasteiger partial charge in [0.15, 0.2) is 11.6 Å². The molecule has 0 amide bonds. The van der Waals surface area contributed by atoms with Crippen LogP contribution in [0, 0.1) is 5.82 Å². The van der Waals surface area contributed by atoms with Crippen LogP contribution in [-0.2, 0) is 6.42 Å². The molecule has 0 fully saturated rings. The number of phenols is 1. The van der Waals surface area contributed by atoms with Crippen LogP contribution >= 0.6 is 0 Å². The molecule has 14 heavy (non-hydrogen) atoms. The lowest BCUT2D eigenvalue weighted by molar-refractivity contribution is 0.390. The average molecular weight is 199 g/mol. The van der Waals surface area contributed by atoms with Gasteiger partial charge >= 0.3 is 0 Å². The summed E-state index contributed by atoms with van der Waals surface area (Å²) in [5.74, 6) is -0.510. The van der Waals surface area contributed by atoms with Gasteiger partial charge in [-0.3, -0.25) is 0 Å². The zero-order valence-electron chi connectivity index (χ0n) is 8.09. The van der Waals surface area contributed by atoms with Gasteiger partial charge in [0.1, 0.15) is 5.75 Å². The Balaban J connectivity index is 3.01. The molecule has 1 aromatic carbocycles. The Morgan fingerprint density at radius 2 is 2.21 bits per heavy atom. The summed E-state index contributed by atoms with van der Waals surface area (Å²) >= 11 is 0. The lowest BCUT2D eigenvalue weighted by Gasteiger charge is -2.09. The molecule has 0 aromatic heterocycles. The van der Waals surface area contributed by atoms with Crippen LogP contribution < -0.4 is 10.5 Å². The highest BCUT2D eigenvalue weighted by molar-refractivity contribution is 5.41. The fourth-order valence-electron chi connectivity index (χ4n) is 1.29. The van der Waals surface area contributed by atoms with Crippen molar-refractivity contribution in [2.45, 2.75) is 12.8 Å². The molecule has 3 nitrogen and oxygen atoms in total. The van der Waals surface area contributed by atoms with Crippen LogP contribution in [0.25, 0.3) is 0 Å². The largest absolute Gasteiger partial charge is 0.505 e. The van der Waals surface area contributed by atoms with Crippen LogP contribution in [0.15, 0.2) is 12.1 Å². The van der Waals surface area contributed by atoms with Gasteiger partial charge in [-0.15, -0.1) is 0 Å². The van der Waals surface area contributed by atoms with Gasteiger partial charge in [-0.2, -0.15) is 0 Å². The second kappa shape index (κ2) is 4.81. The van der Waals surface area contributed by atoms with Crippen molar-refractivity contribution in [3.63, 3.8) is 0 Å². The third-order valence-corrected chi connectivity index (χ3v) is 2.03. The van der Waals surface area contributed by atoms with E-state index in [9.17, 15) is 4.39 Å². The zero-order chi connectivity index (χ0) is 10.6. The highest BCUT2D eigenvalue weighted by atomic mass is 19.1. The van der Waals surface area contributed by atoms with E-state index < -0.39 is 5.82 Å². The topological polar surface area (TPSA) is 55.5 Å². The summed E-state index contributed by atoms with van der Waals surface area (Å²) in [6.07, 6.45) is 1.14. The van der Waals surface area contributed by atoms with Gasteiger partial charge in [0.2, 0.25) is 0 Å². The van der Waals surface area contributed by atoms with Crippen molar-refractivity contribution in [3.8, 4) is 11.5 Å². The predicted octanol–water partition coefficient (Wildman–Crippen LogP) is 1.43. The molecule has 1 rings (SSSR count). The number of methoxy groups -OCH3 is 1. The summed E-state index contributed by atoms with van der Waals surface area (Å²) < 4.78 is 18.4. The normalized spacial score (nSPS) is 10.2. The minimum Gasteiger partial charge on any atom is -0.505 e. The number of nitrogens with two attached hydrogens (primary N) is 1. The molecule has 4 heteroatoms. The van der Waals surface area contributed by atoms with Crippen LogP contribution in [0.3, 0.4) is 0 Å². The van der Waals surface area contributed by atoms with E-state index in [2.05, 4.69) is 0 Å². The maximum Gasteiger partial charge on any atom is 0.171 e. The molecule has 0 aliphatic carbocycles. The van der Waals surface area contributed by atoms with Crippen LogP contribution in [-0.4, -0.2) is 18.8 Å². The number of hydrogen-bond donors (Lipinski definition) is 2. The van der Waals surface area contributed by atoms with E-state index in [1.165, 1.54) is 13.2 Å². The quantitative estimate of drug-likeness (QED) is 0.771. The zero-order valence-corrected chi connectivity index (χ0v) is 8.09. The standard InChI is InChI=1S/C10H14FNO2/c1-14-9-5-4-8(13)10(11)7(9)3-2-6-12/h4-5,13H,2-3,6,12H2,1H3. The van der Waals surface area contributed by atoms with Crippen LogP contribution in [0.2, 0.25) is 0 Å². The Morgan fingerprint density at radius 1 is 1.50 bits per heavy atom. The molecule has 0 spiro atoms. The van der Waals surface area contributed by atoms with Crippen molar-refractivity contribution in [1.82, 2.24) is 0 Å². The molecule has 0 radical (unpaired) electrons. The third-order valence-electron chi connectivity index (χ3n) is 2.03. The molecule has 0 atom stereocenters. The van der Waals surface area contributed by atoms with Gasteiger partial charge in [0.25, 0.3) is 0 Å². The van der Waals surface area contributed by atoms with E-state index in [4.69, 9.17) is 15.6 Å². The van der Waals surface area contributed by atoms with Crippen molar-refractivity contribution in [3.05, 3.63) is 23.5 Å². The summed E-state index contributed by atoms with van der Waals surface area (Å²) in [6.45, 7) is 0.484. The minimum atomic E-state index is -0.613. The maximum atomic E-state index is 13.4. The number of halogens is 1. The van der Waals surface area contributed by atoms with E-state index in [1.54, 1.807) is 6.07 Å². The van der Waals surface area contributed by atoms with E-state index >= 15 is 0 Å². The maximum absolute atomic E-state index is 13.4. The van der Waals surface area contributed by atoms with Gasteiger partial charge in [-0.05, 0) is 31.5 Å². The number of ether oxygens (including phenoxy) is 1. The second-order valence-electron chi connectivity index (χ2n) is 2.97. The molecule has 0 saturated carbocycles. The molecule has 3 N–H and O–H groups in total. The van der Waals surface area contributed by atoms with Crippen molar-refractivity contribution >= 4 is 0 Å². The number of benzene rings is 1. The van der Waals surface area contributed by atoms with Crippen molar-refractivity contribution in [2.75, 3.05) is 13.7 Å². The Labute approximate surface area is 82.3 Å². The fourth-order valence-corrected chi connectivity index (χ4v) is 1.29. The molecule has 0 aliphatic heterocycles.